The Labute approximate surface area is 131 Å². The van der Waals surface area contributed by atoms with Crippen molar-refractivity contribution in [1.82, 2.24) is 9.47 Å². The van der Waals surface area contributed by atoms with Crippen LogP contribution in [0.3, 0.4) is 0 Å². The lowest BCUT2D eigenvalue weighted by Gasteiger charge is -2.35. The molecule has 3 rings (SSSR count). The molecule has 0 spiro atoms. The van der Waals surface area contributed by atoms with E-state index in [4.69, 9.17) is 4.74 Å². The van der Waals surface area contributed by atoms with Crippen LogP contribution in [0, 0.1) is 0 Å². The number of aromatic nitrogens is 1. The van der Waals surface area contributed by atoms with Crippen molar-refractivity contribution >= 4 is 5.91 Å². The van der Waals surface area contributed by atoms with Crippen molar-refractivity contribution in [2.24, 2.45) is 0 Å². The predicted molar refractivity (Wildman–Crippen MR) is 85.9 cm³/mol. The highest BCUT2D eigenvalue weighted by Crippen LogP contribution is 2.26. The Bertz CT molecular complexity index is 645. The fourth-order valence-corrected chi connectivity index (χ4v) is 3.11. The third-order valence-electron chi connectivity index (χ3n) is 4.45. The number of amides is 1. The molecule has 0 saturated heterocycles. The second kappa shape index (κ2) is 6.26. The lowest BCUT2D eigenvalue weighted by Crippen LogP contribution is -2.40. The Morgan fingerprint density at radius 3 is 2.73 bits per heavy atom. The summed E-state index contributed by atoms with van der Waals surface area (Å²) in [5, 5.41) is 0. The summed E-state index contributed by atoms with van der Waals surface area (Å²) in [6.45, 7) is 3.79. The van der Waals surface area contributed by atoms with Crippen molar-refractivity contribution in [3.63, 3.8) is 0 Å². The molecule has 0 unspecified atom stereocenters. The van der Waals surface area contributed by atoms with Gasteiger partial charge in [0.05, 0.1) is 13.2 Å². The van der Waals surface area contributed by atoms with Crippen LogP contribution in [0.15, 0.2) is 42.6 Å². The summed E-state index contributed by atoms with van der Waals surface area (Å²) < 4.78 is 7.39. The molecule has 1 atom stereocenters. The first-order chi connectivity index (χ1) is 10.7. The molecule has 1 aromatic carbocycles. The van der Waals surface area contributed by atoms with E-state index < -0.39 is 0 Å². The van der Waals surface area contributed by atoms with Gasteiger partial charge >= 0.3 is 0 Å². The first kappa shape index (κ1) is 14.7. The maximum atomic E-state index is 12.5. The van der Waals surface area contributed by atoms with Crippen LogP contribution in [-0.2, 0) is 17.8 Å². The third-order valence-corrected chi connectivity index (χ3v) is 4.45. The molecular weight excluding hydrogens is 276 g/mol. The van der Waals surface area contributed by atoms with Gasteiger partial charge in [-0.2, -0.15) is 0 Å². The minimum absolute atomic E-state index is 0.159. The van der Waals surface area contributed by atoms with E-state index in [-0.39, 0.29) is 11.9 Å². The van der Waals surface area contributed by atoms with Gasteiger partial charge in [0, 0.05) is 31.4 Å². The van der Waals surface area contributed by atoms with E-state index in [1.165, 1.54) is 11.3 Å². The molecule has 2 aromatic rings. The summed E-state index contributed by atoms with van der Waals surface area (Å²) in [4.78, 5) is 14.5. The van der Waals surface area contributed by atoms with Gasteiger partial charge < -0.3 is 14.2 Å². The smallest absolute Gasteiger partial charge is 0.223 e. The highest BCUT2D eigenvalue weighted by Gasteiger charge is 2.26. The highest BCUT2D eigenvalue weighted by atomic mass is 16.5. The molecule has 1 aliphatic heterocycles. The molecule has 116 valence electrons. The molecule has 4 heteroatoms. The maximum absolute atomic E-state index is 12.5. The average molecular weight is 298 g/mol. The van der Waals surface area contributed by atoms with Gasteiger partial charge in [-0.05, 0) is 43.2 Å². The number of hydrogen-bond acceptors (Lipinski definition) is 2. The number of benzene rings is 1. The van der Waals surface area contributed by atoms with Crippen molar-refractivity contribution in [1.29, 1.82) is 0 Å². The average Bonchev–Trinajstić information content (AvgIpc) is 3.03. The first-order valence-electron chi connectivity index (χ1n) is 7.76. The largest absolute Gasteiger partial charge is 0.497 e. The minimum atomic E-state index is 0.159. The molecule has 0 N–H and O–H groups in total. The number of hydrogen-bond donors (Lipinski definition) is 0. The van der Waals surface area contributed by atoms with Crippen molar-refractivity contribution in [3.05, 3.63) is 53.9 Å². The second-order valence-corrected chi connectivity index (χ2v) is 5.74. The molecule has 0 fully saturated rings. The molecule has 1 amide bonds. The number of methoxy groups -OCH3 is 1. The number of rotatable bonds is 4. The number of aryl methyl sites for hydroxylation is 1. The topological polar surface area (TPSA) is 34.5 Å². The molecule has 1 aliphatic rings. The summed E-state index contributed by atoms with van der Waals surface area (Å²) in [7, 11) is 1.66. The monoisotopic (exact) mass is 298 g/mol. The fourth-order valence-electron chi connectivity index (χ4n) is 3.11. The van der Waals surface area contributed by atoms with Crippen LogP contribution < -0.4 is 4.74 Å². The van der Waals surface area contributed by atoms with Gasteiger partial charge in [-0.15, -0.1) is 0 Å². The quantitative estimate of drug-likeness (QED) is 0.869. The van der Waals surface area contributed by atoms with Crippen LogP contribution in [0.25, 0.3) is 0 Å². The predicted octanol–water partition coefficient (Wildman–Crippen LogP) is 3.03. The number of carbonyl (C=O) groups is 1. The molecule has 0 aliphatic carbocycles. The summed E-state index contributed by atoms with van der Waals surface area (Å²) in [6.07, 6.45) is 3.41. The molecular formula is C18H22N2O2. The number of fused-ring (bicyclic) bond motifs is 1. The maximum Gasteiger partial charge on any atom is 0.223 e. The zero-order chi connectivity index (χ0) is 15.5. The van der Waals surface area contributed by atoms with Crippen molar-refractivity contribution < 1.29 is 9.53 Å². The number of carbonyl (C=O) groups excluding carboxylic acids is 1. The molecule has 0 radical (unpaired) electrons. The Morgan fingerprint density at radius 2 is 2.00 bits per heavy atom. The number of ether oxygens (including phenoxy) is 1. The van der Waals surface area contributed by atoms with Gasteiger partial charge in [-0.3, -0.25) is 4.79 Å². The van der Waals surface area contributed by atoms with Crippen LogP contribution in [0.4, 0.5) is 0 Å². The van der Waals surface area contributed by atoms with E-state index in [2.05, 4.69) is 29.8 Å². The highest BCUT2D eigenvalue weighted by molar-refractivity contribution is 5.77. The van der Waals surface area contributed by atoms with Gasteiger partial charge in [-0.25, -0.2) is 0 Å². The summed E-state index contributed by atoms with van der Waals surface area (Å²) in [5.74, 6) is 1.08. The van der Waals surface area contributed by atoms with Crippen LogP contribution in [0.2, 0.25) is 0 Å². The Morgan fingerprint density at radius 1 is 1.23 bits per heavy atom. The lowest BCUT2D eigenvalue weighted by atomic mass is 10.1. The molecule has 0 bridgehead atoms. The Kier molecular flexibility index (Phi) is 4.18. The van der Waals surface area contributed by atoms with E-state index in [1.54, 1.807) is 7.11 Å². The van der Waals surface area contributed by atoms with Crippen molar-refractivity contribution in [2.75, 3.05) is 13.7 Å². The summed E-state index contributed by atoms with van der Waals surface area (Å²) in [6, 6.07) is 12.2. The van der Waals surface area contributed by atoms with Gasteiger partial charge in [0.1, 0.15) is 5.75 Å². The molecule has 22 heavy (non-hydrogen) atoms. The van der Waals surface area contributed by atoms with Crippen LogP contribution in [-0.4, -0.2) is 29.0 Å². The van der Waals surface area contributed by atoms with Gasteiger partial charge in [0.15, 0.2) is 0 Å². The normalized spacial score (nSPS) is 17.2. The van der Waals surface area contributed by atoms with Crippen LogP contribution in [0.5, 0.6) is 5.75 Å². The third kappa shape index (κ3) is 2.86. The second-order valence-electron chi connectivity index (χ2n) is 5.74. The molecule has 2 heterocycles. The summed E-state index contributed by atoms with van der Waals surface area (Å²) in [5.41, 5.74) is 2.39. The van der Waals surface area contributed by atoms with Gasteiger partial charge in [-0.1, -0.05) is 12.1 Å². The standard InChI is InChI=1S/C18H22N2O2/c1-14-17-4-3-11-19(17)12-13-20(14)18(21)10-7-15-5-8-16(22-2)9-6-15/h3-6,8-9,11,14H,7,10,12-13H2,1-2H3/t14-/m0/s1. The minimum Gasteiger partial charge on any atom is -0.497 e. The van der Waals surface area contributed by atoms with Gasteiger partial charge in [0.2, 0.25) is 5.91 Å². The fraction of sp³-hybridized carbons (Fsp3) is 0.389. The lowest BCUT2D eigenvalue weighted by molar-refractivity contribution is -0.134. The zero-order valence-electron chi connectivity index (χ0n) is 13.2. The zero-order valence-corrected chi connectivity index (χ0v) is 13.2. The molecule has 1 aromatic heterocycles. The summed E-state index contributed by atoms with van der Waals surface area (Å²) >= 11 is 0. The van der Waals surface area contributed by atoms with Crippen molar-refractivity contribution in [2.45, 2.75) is 32.4 Å². The van der Waals surface area contributed by atoms with Crippen LogP contribution in [0.1, 0.15) is 30.6 Å². The van der Waals surface area contributed by atoms with E-state index in [1.807, 2.05) is 29.2 Å². The Balaban J connectivity index is 1.60. The Hall–Kier alpha value is -2.23. The van der Waals surface area contributed by atoms with E-state index in [0.29, 0.717) is 6.42 Å². The van der Waals surface area contributed by atoms with Gasteiger partial charge in [0.25, 0.3) is 0 Å². The molecule has 4 nitrogen and oxygen atoms in total. The SMILES string of the molecule is COc1ccc(CCC(=O)N2CCn3cccc3[C@@H]2C)cc1. The van der Waals surface area contributed by atoms with E-state index in [9.17, 15) is 4.79 Å². The van der Waals surface area contributed by atoms with Crippen molar-refractivity contribution in [3.8, 4) is 5.75 Å². The van der Waals surface area contributed by atoms with E-state index in [0.717, 1.165) is 25.3 Å². The van der Waals surface area contributed by atoms with Crippen LogP contribution >= 0.6 is 0 Å². The first-order valence-corrected chi connectivity index (χ1v) is 7.76. The number of nitrogens with zero attached hydrogens (tertiary/aromatic N) is 2. The van der Waals surface area contributed by atoms with E-state index >= 15 is 0 Å². The molecule has 0 saturated carbocycles.